The lowest BCUT2D eigenvalue weighted by molar-refractivity contribution is 0.636. The maximum Gasteiger partial charge on any atom is 0.200 e. The number of aryl methyl sites for hydroxylation is 1. The Hall–Kier alpha value is -2.14. The second-order valence-corrected chi connectivity index (χ2v) is 8.70. The molecule has 2 aromatic carbocycles. The van der Waals surface area contributed by atoms with Crippen LogP contribution in [0.25, 0.3) is 21.9 Å². The fraction of sp³-hybridized carbons (Fsp3) is 0.350. The number of nitrogens with one attached hydrogen (secondary N) is 1. The first-order chi connectivity index (χ1) is 11.9. The van der Waals surface area contributed by atoms with Crippen molar-refractivity contribution >= 4 is 31.7 Å². The highest BCUT2D eigenvalue weighted by atomic mass is 32.2. The summed E-state index contributed by atoms with van der Waals surface area (Å²) in [6.45, 7) is 2.16. The third kappa shape index (κ3) is 3.61. The summed E-state index contributed by atoms with van der Waals surface area (Å²) in [7, 11) is -2.90. The van der Waals surface area contributed by atoms with Crippen molar-refractivity contribution in [1.82, 2.24) is 0 Å². The summed E-state index contributed by atoms with van der Waals surface area (Å²) in [5.74, 6) is 0. The molecule has 4 nitrogen and oxygen atoms in total. The van der Waals surface area contributed by atoms with E-state index in [1.807, 2.05) is 6.07 Å². The molecule has 0 radical (unpaired) electrons. The highest BCUT2D eigenvalue weighted by molar-refractivity contribution is 7.91. The largest absolute Gasteiger partial charge is 0.456 e. The molecule has 0 amide bonds. The maximum absolute atomic E-state index is 12.9. The number of unbranched alkanes of at least 4 members (excludes halogenated alkanes) is 3. The van der Waals surface area contributed by atoms with Gasteiger partial charge in [-0.15, -0.1) is 0 Å². The Morgan fingerprint density at radius 2 is 1.84 bits per heavy atom. The lowest BCUT2D eigenvalue weighted by atomic mass is 10.0. The van der Waals surface area contributed by atoms with Crippen LogP contribution in [-0.4, -0.2) is 10.5 Å². The summed E-state index contributed by atoms with van der Waals surface area (Å²) in [5.41, 5.74) is 1.86. The summed E-state index contributed by atoms with van der Waals surface area (Å²) in [6.07, 6.45) is 6.52. The van der Waals surface area contributed by atoms with E-state index in [1.54, 1.807) is 30.3 Å². The van der Waals surface area contributed by atoms with Crippen molar-refractivity contribution in [1.29, 1.82) is 4.78 Å². The minimum Gasteiger partial charge on any atom is -0.456 e. The van der Waals surface area contributed by atoms with Crippen LogP contribution >= 0.6 is 0 Å². The van der Waals surface area contributed by atoms with E-state index in [0.717, 1.165) is 37.7 Å². The van der Waals surface area contributed by atoms with Gasteiger partial charge in [0.1, 0.15) is 11.2 Å². The van der Waals surface area contributed by atoms with Gasteiger partial charge in [0, 0.05) is 11.2 Å². The van der Waals surface area contributed by atoms with Gasteiger partial charge < -0.3 is 4.42 Å². The highest BCUT2D eigenvalue weighted by Crippen LogP contribution is 2.27. The molecule has 5 heteroatoms. The summed E-state index contributed by atoms with van der Waals surface area (Å²) < 4.78 is 26.2. The van der Waals surface area contributed by atoms with Gasteiger partial charge in [0.25, 0.3) is 0 Å². The van der Waals surface area contributed by atoms with Crippen LogP contribution in [0.2, 0.25) is 0 Å². The van der Waals surface area contributed by atoms with E-state index in [1.165, 1.54) is 6.26 Å². The van der Waals surface area contributed by atoms with Crippen LogP contribution < -0.4 is 5.43 Å². The molecule has 3 aromatic rings. The topological polar surface area (TPSA) is 71.1 Å². The SMILES string of the molecule is CCCCCCc1cc(S(C)(=N)=O)cc2c(=O)c3ccccc3oc12. The van der Waals surface area contributed by atoms with Gasteiger partial charge in [-0.25, -0.2) is 8.99 Å². The average Bonchev–Trinajstić information content (AvgIpc) is 2.58. The minimum atomic E-state index is -2.90. The average molecular weight is 357 g/mol. The monoisotopic (exact) mass is 357 g/mol. The molecule has 1 unspecified atom stereocenters. The van der Waals surface area contributed by atoms with Crippen molar-refractivity contribution in [2.45, 2.75) is 43.9 Å². The highest BCUT2D eigenvalue weighted by Gasteiger charge is 2.15. The van der Waals surface area contributed by atoms with E-state index in [2.05, 4.69) is 6.92 Å². The molecule has 3 rings (SSSR count). The first-order valence-electron chi connectivity index (χ1n) is 8.64. The molecule has 1 atom stereocenters. The van der Waals surface area contributed by atoms with Crippen molar-refractivity contribution < 1.29 is 8.63 Å². The Labute approximate surface area is 147 Å². The first-order valence-corrected chi connectivity index (χ1v) is 10.6. The van der Waals surface area contributed by atoms with Crippen molar-refractivity contribution in [2.75, 3.05) is 6.26 Å². The van der Waals surface area contributed by atoms with Gasteiger partial charge >= 0.3 is 0 Å². The minimum absolute atomic E-state index is 0.128. The molecule has 0 bridgehead atoms. The smallest absolute Gasteiger partial charge is 0.200 e. The molecule has 0 fully saturated rings. The number of para-hydroxylation sites is 1. The van der Waals surface area contributed by atoms with Crippen LogP contribution in [0, 0.1) is 4.78 Å². The van der Waals surface area contributed by atoms with E-state index in [-0.39, 0.29) is 5.43 Å². The van der Waals surface area contributed by atoms with Crippen molar-refractivity contribution in [3.8, 4) is 0 Å². The quantitative estimate of drug-likeness (QED) is 0.492. The normalized spacial score (nSPS) is 14.0. The van der Waals surface area contributed by atoms with Crippen LogP contribution in [0.15, 0.2) is 50.5 Å². The second kappa shape index (κ2) is 7.00. The number of benzene rings is 2. The number of rotatable bonds is 6. The van der Waals surface area contributed by atoms with Gasteiger partial charge in [0.05, 0.1) is 20.5 Å². The van der Waals surface area contributed by atoms with Crippen molar-refractivity contribution in [3.05, 3.63) is 52.2 Å². The Bertz CT molecular complexity index is 1080. The zero-order valence-corrected chi connectivity index (χ0v) is 15.4. The summed E-state index contributed by atoms with van der Waals surface area (Å²) in [4.78, 5) is 13.3. The molecule has 1 N–H and O–H groups in total. The van der Waals surface area contributed by atoms with Crippen LogP contribution in [0.3, 0.4) is 0 Å². The molecule has 25 heavy (non-hydrogen) atoms. The summed E-state index contributed by atoms with van der Waals surface area (Å²) in [6, 6.07) is 10.5. The zero-order chi connectivity index (χ0) is 18.0. The van der Waals surface area contributed by atoms with Crippen molar-refractivity contribution in [2.24, 2.45) is 0 Å². The van der Waals surface area contributed by atoms with Crippen molar-refractivity contribution in [3.63, 3.8) is 0 Å². The van der Waals surface area contributed by atoms with Gasteiger partial charge in [-0.05, 0) is 42.7 Å². The molecule has 0 aliphatic heterocycles. The van der Waals surface area contributed by atoms with Crippen LogP contribution in [0.4, 0.5) is 0 Å². The zero-order valence-electron chi connectivity index (χ0n) is 14.6. The second-order valence-electron chi connectivity index (χ2n) is 6.54. The van der Waals surface area contributed by atoms with Crippen LogP contribution in [0.5, 0.6) is 0 Å². The van der Waals surface area contributed by atoms with E-state index >= 15 is 0 Å². The van der Waals surface area contributed by atoms with Crippen LogP contribution in [-0.2, 0) is 16.1 Å². The fourth-order valence-electron chi connectivity index (χ4n) is 3.10. The molecule has 1 aromatic heterocycles. The maximum atomic E-state index is 12.9. The first kappa shape index (κ1) is 17.7. The Morgan fingerprint density at radius 1 is 1.08 bits per heavy atom. The molecule has 0 spiro atoms. The Morgan fingerprint density at radius 3 is 2.56 bits per heavy atom. The molecule has 0 aliphatic rings. The molecular weight excluding hydrogens is 334 g/mol. The van der Waals surface area contributed by atoms with E-state index in [0.29, 0.717) is 26.8 Å². The standard InChI is InChI=1S/C20H23NO3S/c1-3-4-5-6-9-14-12-15(25(2,21)23)13-17-19(22)16-10-7-8-11-18(16)24-20(14)17/h7-8,10-13,21H,3-6,9H2,1-2H3. The van der Waals surface area contributed by atoms with Gasteiger partial charge in [-0.1, -0.05) is 38.3 Å². The predicted molar refractivity (Wildman–Crippen MR) is 103 cm³/mol. The Balaban J connectivity index is 2.25. The number of hydrogen-bond acceptors (Lipinski definition) is 4. The summed E-state index contributed by atoms with van der Waals surface area (Å²) in [5, 5.41) is 0.931. The third-order valence-corrected chi connectivity index (χ3v) is 5.61. The third-order valence-electron chi connectivity index (χ3n) is 4.48. The van der Waals surface area contributed by atoms with Gasteiger partial charge in [0.15, 0.2) is 0 Å². The van der Waals surface area contributed by atoms with Gasteiger partial charge in [-0.3, -0.25) is 4.79 Å². The molecular formula is C20H23NO3S. The summed E-state index contributed by atoms with van der Waals surface area (Å²) >= 11 is 0. The van der Waals surface area contributed by atoms with Crippen LogP contribution in [0.1, 0.15) is 38.2 Å². The van der Waals surface area contributed by atoms with E-state index in [9.17, 15) is 9.00 Å². The molecule has 0 aliphatic carbocycles. The Kier molecular flexibility index (Phi) is 4.95. The van der Waals surface area contributed by atoms with E-state index < -0.39 is 9.73 Å². The molecule has 132 valence electrons. The van der Waals surface area contributed by atoms with Gasteiger partial charge in [0.2, 0.25) is 5.43 Å². The number of hydrogen-bond donors (Lipinski definition) is 1. The molecule has 0 saturated carbocycles. The van der Waals surface area contributed by atoms with E-state index in [4.69, 9.17) is 9.20 Å². The molecule has 0 saturated heterocycles. The fourth-order valence-corrected chi connectivity index (χ4v) is 3.81. The lowest BCUT2D eigenvalue weighted by Gasteiger charge is -2.10. The predicted octanol–water partition coefficient (Wildman–Crippen LogP) is 5.10. The number of fused-ring (bicyclic) bond motifs is 2. The lowest BCUT2D eigenvalue weighted by Crippen LogP contribution is -2.06. The molecule has 1 heterocycles. The van der Waals surface area contributed by atoms with Gasteiger partial charge in [-0.2, -0.15) is 0 Å².